The van der Waals surface area contributed by atoms with E-state index in [-0.39, 0.29) is 18.5 Å². The van der Waals surface area contributed by atoms with Crippen LogP contribution >= 0.6 is 7.60 Å². The lowest BCUT2D eigenvalue weighted by Crippen LogP contribution is -1.97. The van der Waals surface area contributed by atoms with Crippen LogP contribution in [0, 0.1) is 11.3 Å². The van der Waals surface area contributed by atoms with Crippen molar-refractivity contribution in [3.05, 3.63) is 24.0 Å². The Labute approximate surface area is 84.4 Å². The Morgan fingerprint density at radius 2 is 2.00 bits per heavy atom. The zero-order valence-corrected chi connectivity index (χ0v) is 9.29. The molecule has 4 nitrogen and oxygen atoms in total. The van der Waals surface area contributed by atoms with E-state index in [1.165, 1.54) is 12.2 Å². The molecular formula is C9H14NO3P. The average Bonchev–Trinajstić information content (AvgIpc) is 2.14. The van der Waals surface area contributed by atoms with Crippen LogP contribution in [0.2, 0.25) is 0 Å². The predicted octanol–water partition coefficient (Wildman–Crippen LogP) is 2.85. The van der Waals surface area contributed by atoms with Gasteiger partial charge in [-0.25, -0.2) is 0 Å². The van der Waals surface area contributed by atoms with Gasteiger partial charge >= 0.3 is 7.60 Å². The van der Waals surface area contributed by atoms with Crippen LogP contribution in [0.25, 0.3) is 0 Å². The van der Waals surface area contributed by atoms with Gasteiger partial charge in [0.05, 0.1) is 13.2 Å². The number of rotatable bonds is 6. The van der Waals surface area contributed by atoms with Crippen molar-refractivity contribution >= 4 is 7.60 Å². The fraction of sp³-hybridized carbons (Fsp3) is 0.444. The van der Waals surface area contributed by atoms with E-state index in [2.05, 4.69) is 6.58 Å². The average molecular weight is 215 g/mol. The molecule has 0 saturated carbocycles. The van der Waals surface area contributed by atoms with Crippen molar-refractivity contribution in [1.82, 2.24) is 0 Å². The summed E-state index contributed by atoms with van der Waals surface area (Å²) in [5.41, 5.74) is 0. The van der Waals surface area contributed by atoms with Gasteiger partial charge < -0.3 is 9.05 Å². The second-order valence-electron chi connectivity index (χ2n) is 2.23. The van der Waals surface area contributed by atoms with E-state index in [0.717, 1.165) is 0 Å². The molecule has 78 valence electrons. The van der Waals surface area contributed by atoms with Crippen LogP contribution in [0.5, 0.6) is 0 Å². The van der Waals surface area contributed by atoms with E-state index >= 15 is 0 Å². The van der Waals surface area contributed by atoms with Crippen molar-refractivity contribution in [2.75, 3.05) is 13.2 Å². The highest BCUT2D eigenvalue weighted by Gasteiger charge is 2.29. The minimum absolute atomic E-state index is 0.0174. The van der Waals surface area contributed by atoms with Crippen LogP contribution < -0.4 is 0 Å². The van der Waals surface area contributed by atoms with Gasteiger partial charge in [-0.2, -0.15) is 5.26 Å². The molecule has 0 amide bonds. The third-order valence-electron chi connectivity index (χ3n) is 1.28. The Hall–Kier alpha value is -0.880. The summed E-state index contributed by atoms with van der Waals surface area (Å²) < 4.78 is 21.9. The topological polar surface area (TPSA) is 59.3 Å². The molecule has 0 saturated heterocycles. The second-order valence-corrected chi connectivity index (χ2v) is 4.23. The van der Waals surface area contributed by atoms with Crippen molar-refractivity contribution in [2.45, 2.75) is 13.8 Å². The summed E-state index contributed by atoms with van der Waals surface area (Å²) >= 11 is 0. The van der Waals surface area contributed by atoms with Crippen molar-refractivity contribution in [3.8, 4) is 6.07 Å². The second kappa shape index (κ2) is 6.56. The molecule has 0 aromatic heterocycles. The summed E-state index contributed by atoms with van der Waals surface area (Å²) in [6.07, 6.45) is 2.72. The van der Waals surface area contributed by atoms with Crippen LogP contribution in [-0.2, 0) is 13.6 Å². The monoisotopic (exact) mass is 215 g/mol. The molecule has 0 unspecified atom stereocenters. The van der Waals surface area contributed by atoms with Crippen LogP contribution in [0.4, 0.5) is 0 Å². The number of hydrogen-bond acceptors (Lipinski definition) is 4. The zero-order valence-electron chi connectivity index (χ0n) is 8.40. The fourth-order valence-electron chi connectivity index (χ4n) is 0.818. The summed E-state index contributed by atoms with van der Waals surface area (Å²) in [4.78, 5) is 0. The Morgan fingerprint density at radius 3 is 2.29 bits per heavy atom. The van der Waals surface area contributed by atoms with Gasteiger partial charge in [-0.3, -0.25) is 4.57 Å². The summed E-state index contributed by atoms with van der Waals surface area (Å²) in [7, 11) is -3.42. The van der Waals surface area contributed by atoms with Crippen molar-refractivity contribution in [1.29, 1.82) is 5.26 Å². The lowest BCUT2D eigenvalue weighted by molar-refractivity contribution is 0.227. The molecule has 0 atom stereocenters. The van der Waals surface area contributed by atoms with E-state index in [1.807, 2.05) is 0 Å². The molecule has 0 heterocycles. The maximum atomic E-state index is 12.0. The molecule has 5 heteroatoms. The summed E-state index contributed by atoms with van der Waals surface area (Å²) in [5.74, 6) is 0. The van der Waals surface area contributed by atoms with Gasteiger partial charge in [0, 0.05) is 0 Å². The summed E-state index contributed by atoms with van der Waals surface area (Å²) in [6, 6.07) is 1.79. The molecule has 0 spiro atoms. The zero-order chi connectivity index (χ0) is 11.0. The Balaban J connectivity index is 4.98. The molecule has 0 radical (unpaired) electrons. The lowest BCUT2D eigenvalue weighted by Gasteiger charge is -2.15. The molecule has 0 aromatic carbocycles. The summed E-state index contributed by atoms with van der Waals surface area (Å²) in [5, 5.41) is 8.73. The SMILES string of the molecule is C=C/C=C(\C#N)P(=O)(OCC)OCC. The van der Waals surface area contributed by atoms with Crippen molar-refractivity contribution in [3.63, 3.8) is 0 Å². The molecular weight excluding hydrogens is 201 g/mol. The fourth-order valence-corrected chi connectivity index (χ4v) is 2.26. The number of nitriles is 1. The number of hydrogen-bond donors (Lipinski definition) is 0. The third-order valence-corrected chi connectivity index (χ3v) is 3.32. The van der Waals surface area contributed by atoms with Crippen LogP contribution in [0.15, 0.2) is 24.0 Å². The van der Waals surface area contributed by atoms with Crippen LogP contribution in [0.3, 0.4) is 0 Å². The quantitative estimate of drug-likeness (QED) is 0.388. The molecule has 0 bridgehead atoms. The first kappa shape index (κ1) is 13.1. The third kappa shape index (κ3) is 3.47. The summed E-state index contributed by atoms with van der Waals surface area (Å²) in [6.45, 7) is 7.26. The first-order chi connectivity index (χ1) is 6.64. The Morgan fingerprint density at radius 1 is 1.50 bits per heavy atom. The van der Waals surface area contributed by atoms with Gasteiger partial charge in [-0.15, -0.1) is 0 Å². The normalized spacial score (nSPS) is 12.2. The standard InChI is InChI=1S/C9H14NO3P/c1-4-7-9(8-10)14(11,12-5-2)13-6-3/h4,7H,1,5-6H2,2-3H3/b9-7+. The van der Waals surface area contributed by atoms with Crippen LogP contribution in [0.1, 0.15) is 13.8 Å². The van der Waals surface area contributed by atoms with E-state index in [9.17, 15) is 4.57 Å². The van der Waals surface area contributed by atoms with Gasteiger partial charge in [-0.1, -0.05) is 12.7 Å². The molecule has 0 fully saturated rings. The maximum Gasteiger partial charge on any atom is 0.371 e. The number of nitrogens with zero attached hydrogens (tertiary/aromatic N) is 1. The van der Waals surface area contributed by atoms with E-state index in [0.29, 0.717) is 0 Å². The maximum absolute atomic E-state index is 12.0. The van der Waals surface area contributed by atoms with Crippen molar-refractivity contribution in [2.24, 2.45) is 0 Å². The first-order valence-electron chi connectivity index (χ1n) is 4.27. The van der Waals surface area contributed by atoms with Gasteiger partial charge in [0.15, 0.2) is 0 Å². The van der Waals surface area contributed by atoms with Gasteiger partial charge in [0.1, 0.15) is 11.4 Å². The molecule has 0 aliphatic heterocycles. The van der Waals surface area contributed by atoms with Crippen molar-refractivity contribution < 1.29 is 13.6 Å². The highest BCUT2D eigenvalue weighted by molar-refractivity contribution is 7.58. The van der Waals surface area contributed by atoms with Gasteiger partial charge in [-0.05, 0) is 19.9 Å². The van der Waals surface area contributed by atoms with E-state index < -0.39 is 7.60 Å². The first-order valence-corrected chi connectivity index (χ1v) is 5.81. The molecule has 0 N–H and O–H groups in total. The molecule has 0 aromatic rings. The van der Waals surface area contributed by atoms with Gasteiger partial charge in [0.25, 0.3) is 0 Å². The lowest BCUT2D eigenvalue weighted by atomic mass is 10.5. The molecule has 0 aliphatic rings. The highest BCUT2D eigenvalue weighted by atomic mass is 31.2. The minimum atomic E-state index is -3.42. The minimum Gasteiger partial charge on any atom is -0.305 e. The number of allylic oxidation sites excluding steroid dienone is 3. The Bertz CT molecular complexity index is 294. The molecule has 0 rings (SSSR count). The smallest absolute Gasteiger partial charge is 0.305 e. The Kier molecular flexibility index (Phi) is 6.14. The molecule has 0 aliphatic carbocycles. The van der Waals surface area contributed by atoms with E-state index in [4.69, 9.17) is 14.3 Å². The van der Waals surface area contributed by atoms with Gasteiger partial charge in [0.2, 0.25) is 0 Å². The van der Waals surface area contributed by atoms with E-state index in [1.54, 1.807) is 19.9 Å². The predicted molar refractivity (Wildman–Crippen MR) is 54.8 cm³/mol. The largest absolute Gasteiger partial charge is 0.371 e. The highest BCUT2D eigenvalue weighted by Crippen LogP contribution is 2.55. The van der Waals surface area contributed by atoms with Crippen LogP contribution in [-0.4, -0.2) is 13.2 Å². The molecule has 14 heavy (non-hydrogen) atoms.